The lowest BCUT2D eigenvalue weighted by Gasteiger charge is -2.33. The van der Waals surface area contributed by atoms with E-state index in [1.807, 2.05) is 0 Å². The Morgan fingerprint density at radius 1 is 1.08 bits per heavy atom. The van der Waals surface area contributed by atoms with Crippen molar-refractivity contribution in [3.63, 3.8) is 0 Å². The molecule has 0 amide bonds. The van der Waals surface area contributed by atoms with Gasteiger partial charge >= 0.3 is 0 Å². The highest BCUT2D eigenvalue weighted by Crippen LogP contribution is 2.52. The van der Waals surface area contributed by atoms with E-state index in [0.717, 1.165) is 18.3 Å². The van der Waals surface area contributed by atoms with Crippen molar-refractivity contribution in [2.24, 2.45) is 23.2 Å². The van der Waals surface area contributed by atoms with Gasteiger partial charge in [-0.1, -0.05) is 68.4 Å². The molecule has 2 rings (SSSR count). The van der Waals surface area contributed by atoms with Crippen LogP contribution in [0, 0.1) is 23.2 Å². The molecule has 2 aliphatic rings. The van der Waals surface area contributed by atoms with Gasteiger partial charge in [0.1, 0.15) is 0 Å². The monoisotopic (exact) mass is 340 g/mol. The summed E-state index contributed by atoms with van der Waals surface area (Å²) in [6, 6.07) is 0. The maximum Gasteiger partial charge on any atom is -0.0143 e. The van der Waals surface area contributed by atoms with Crippen molar-refractivity contribution < 1.29 is 0 Å². The largest absolute Gasteiger partial charge is 0.0958 e. The molecule has 1 fully saturated rings. The fourth-order valence-electron chi connectivity index (χ4n) is 4.80. The van der Waals surface area contributed by atoms with Crippen LogP contribution >= 0.6 is 0 Å². The second kappa shape index (κ2) is 9.06. The summed E-state index contributed by atoms with van der Waals surface area (Å²) in [5, 5.41) is 0. The van der Waals surface area contributed by atoms with E-state index < -0.39 is 0 Å². The predicted molar refractivity (Wildman–Crippen MR) is 113 cm³/mol. The number of allylic oxidation sites excluding steroid dienone is 7. The second-order valence-electron chi connectivity index (χ2n) is 9.34. The first-order chi connectivity index (χ1) is 11.8. The van der Waals surface area contributed by atoms with Gasteiger partial charge < -0.3 is 0 Å². The summed E-state index contributed by atoms with van der Waals surface area (Å²) in [6.45, 7) is 16.3. The maximum atomic E-state index is 4.33. The minimum Gasteiger partial charge on any atom is -0.0958 e. The SMILES string of the molecule is C=C1/C=C/C2C(C(C)C)CC[C@]2(C)C/C=C(\C)CC/C=C(\C)CCC1. The Kier molecular flexibility index (Phi) is 7.35. The number of hydrogen-bond donors (Lipinski definition) is 0. The van der Waals surface area contributed by atoms with E-state index in [1.165, 1.54) is 50.5 Å². The molecule has 0 bridgehead atoms. The Morgan fingerprint density at radius 2 is 1.80 bits per heavy atom. The van der Waals surface area contributed by atoms with Crippen molar-refractivity contribution >= 4 is 0 Å². The van der Waals surface area contributed by atoms with Crippen LogP contribution in [-0.4, -0.2) is 0 Å². The van der Waals surface area contributed by atoms with Gasteiger partial charge in [0.05, 0.1) is 0 Å². The minimum absolute atomic E-state index is 0.416. The quantitative estimate of drug-likeness (QED) is 0.424. The lowest BCUT2D eigenvalue weighted by atomic mass is 9.71. The van der Waals surface area contributed by atoms with E-state index in [2.05, 4.69) is 65.5 Å². The fraction of sp³-hybridized carbons (Fsp3) is 0.680. The molecule has 0 spiro atoms. The molecule has 3 atom stereocenters. The zero-order valence-corrected chi connectivity index (χ0v) is 17.4. The van der Waals surface area contributed by atoms with Crippen molar-refractivity contribution in [3.8, 4) is 0 Å². The van der Waals surface area contributed by atoms with Crippen LogP contribution in [0.1, 0.15) is 86.0 Å². The van der Waals surface area contributed by atoms with Gasteiger partial charge in [-0.05, 0) is 88.4 Å². The molecule has 25 heavy (non-hydrogen) atoms. The van der Waals surface area contributed by atoms with Gasteiger partial charge in [0, 0.05) is 0 Å². The topological polar surface area (TPSA) is 0 Å². The molecular formula is C25H40. The molecule has 0 heterocycles. The summed E-state index contributed by atoms with van der Waals surface area (Å²) >= 11 is 0. The third-order valence-corrected chi connectivity index (χ3v) is 6.73. The molecule has 0 aromatic heterocycles. The third-order valence-electron chi connectivity index (χ3n) is 6.73. The Balaban J connectivity index is 2.25. The first-order valence-corrected chi connectivity index (χ1v) is 10.5. The average molecular weight is 341 g/mol. The van der Waals surface area contributed by atoms with Crippen molar-refractivity contribution in [3.05, 3.63) is 47.6 Å². The zero-order chi connectivity index (χ0) is 18.4. The summed E-state index contributed by atoms with van der Waals surface area (Å²) in [7, 11) is 0. The van der Waals surface area contributed by atoms with Gasteiger partial charge in [-0.2, -0.15) is 0 Å². The molecule has 0 aliphatic heterocycles. The van der Waals surface area contributed by atoms with E-state index in [1.54, 1.807) is 11.1 Å². The van der Waals surface area contributed by atoms with Crippen LogP contribution in [0.3, 0.4) is 0 Å². The van der Waals surface area contributed by atoms with E-state index >= 15 is 0 Å². The third kappa shape index (κ3) is 5.73. The summed E-state index contributed by atoms with van der Waals surface area (Å²) in [5.41, 5.74) is 4.84. The molecule has 0 heteroatoms. The maximum absolute atomic E-state index is 4.33. The van der Waals surface area contributed by atoms with Crippen LogP contribution in [0.5, 0.6) is 0 Å². The Labute approximate surface area is 157 Å². The molecule has 1 saturated carbocycles. The van der Waals surface area contributed by atoms with Crippen LogP contribution in [0.4, 0.5) is 0 Å². The van der Waals surface area contributed by atoms with Crippen molar-refractivity contribution in [1.82, 2.24) is 0 Å². The van der Waals surface area contributed by atoms with Crippen molar-refractivity contribution in [2.45, 2.75) is 86.0 Å². The summed E-state index contributed by atoms with van der Waals surface area (Å²) in [4.78, 5) is 0. The Bertz CT molecular complexity index is 542. The molecule has 2 unspecified atom stereocenters. The fourth-order valence-corrected chi connectivity index (χ4v) is 4.80. The Morgan fingerprint density at radius 3 is 2.52 bits per heavy atom. The lowest BCUT2D eigenvalue weighted by Crippen LogP contribution is -2.25. The number of rotatable bonds is 1. The highest BCUT2D eigenvalue weighted by Gasteiger charge is 2.43. The smallest absolute Gasteiger partial charge is 0.0143 e. The van der Waals surface area contributed by atoms with Gasteiger partial charge in [-0.25, -0.2) is 0 Å². The molecule has 140 valence electrons. The van der Waals surface area contributed by atoms with Gasteiger partial charge in [0.2, 0.25) is 0 Å². The molecule has 0 aromatic carbocycles. The molecule has 0 radical (unpaired) electrons. The molecule has 2 aliphatic carbocycles. The molecule has 0 saturated heterocycles. The standard InChI is InChI=1S/C25H40/c1-19(2)23-16-18-25(6)17-15-22(5)12-8-10-20(3)9-7-11-21(4)13-14-24(23)25/h10,13-15,19,23-24H,4,7-9,11-12,16-18H2,1-3,5-6H3/b14-13+,20-10+,22-15+/t23?,24?,25-/m0/s1. The summed E-state index contributed by atoms with van der Waals surface area (Å²) in [6.07, 6.45) is 19.8. The molecule has 0 nitrogen and oxygen atoms in total. The Hall–Kier alpha value is -1.04. The van der Waals surface area contributed by atoms with Crippen LogP contribution in [-0.2, 0) is 0 Å². The lowest BCUT2D eigenvalue weighted by molar-refractivity contribution is 0.215. The van der Waals surface area contributed by atoms with E-state index in [4.69, 9.17) is 0 Å². The van der Waals surface area contributed by atoms with Crippen LogP contribution in [0.25, 0.3) is 0 Å². The van der Waals surface area contributed by atoms with E-state index in [0.29, 0.717) is 11.3 Å². The summed E-state index contributed by atoms with van der Waals surface area (Å²) < 4.78 is 0. The van der Waals surface area contributed by atoms with Crippen molar-refractivity contribution in [2.75, 3.05) is 0 Å². The normalized spacial score (nSPS) is 38.1. The van der Waals surface area contributed by atoms with Crippen LogP contribution in [0.2, 0.25) is 0 Å². The van der Waals surface area contributed by atoms with E-state index in [9.17, 15) is 0 Å². The van der Waals surface area contributed by atoms with Crippen LogP contribution in [0.15, 0.2) is 47.6 Å². The average Bonchev–Trinajstić information content (AvgIpc) is 2.87. The molecular weight excluding hydrogens is 300 g/mol. The number of fused-ring (bicyclic) bond motifs is 1. The highest BCUT2D eigenvalue weighted by atomic mass is 14.5. The van der Waals surface area contributed by atoms with Crippen molar-refractivity contribution in [1.29, 1.82) is 0 Å². The first-order valence-electron chi connectivity index (χ1n) is 10.5. The number of hydrogen-bond acceptors (Lipinski definition) is 0. The minimum atomic E-state index is 0.416. The zero-order valence-electron chi connectivity index (χ0n) is 17.4. The molecule has 0 N–H and O–H groups in total. The van der Waals surface area contributed by atoms with E-state index in [-0.39, 0.29) is 0 Å². The van der Waals surface area contributed by atoms with Gasteiger partial charge in [-0.15, -0.1) is 0 Å². The van der Waals surface area contributed by atoms with Crippen LogP contribution < -0.4 is 0 Å². The molecule has 0 aromatic rings. The first kappa shape index (κ1) is 20.3. The van der Waals surface area contributed by atoms with Gasteiger partial charge in [0.15, 0.2) is 0 Å². The second-order valence-corrected chi connectivity index (χ2v) is 9.34. The highest BCUT2D eigenvalue weighted by molar-refractivity contribution is 5.19. The summed E-state index contributed by atoms with van der Waals surface area (Å²) in [5.74, 6) is 2.28. The predicted octanol–water partition coefficient (Wildman–Crippen LogP) is 8.03. The van der Waals surface area contributed by atoms with Gasteiger partial charge in [-0.3, -0.25) is 0 Å². The van der Waals surface area contributed by atoms with Gasteiger partial charge in [0.25, 0.3) is 0 Å².